The van der Waals surface area contributed by atoms with Crippen LogP contribution in [0, 0.1) is 5.92 Å². The van der Waals surface area contributed by atoms with Crippen molar-refractivity contribution in [3.8, 4) is 0 Å². The van der Waals surface area contributed by atoms with Gasteiger partial charge < -0.3 is 15.2 Å². The lowest BCUT2D eigenvalue weighted by molar-refractivity contribution is 0.0906. The molecule has 3 atom stereocenters. The molecule has 0 spiro atoms. The van der Waals surface area contributed by atoms with Gasteiger partial charge in [-0.1, -0.05) is 0 Å². The molecule has 2 heterocycles. The van der Waals surface area contributed by atoms with E-state index in [0.717, 1.165) is 13.1 Å². The Morgan fingerprint density at radius 2 is 2.33 bits per heavy atom. The van der Waals surface area contributed by atoms with Crippen molar-refractivity contribution in [3.05, 3.63) is 0 Å². The lowest BCUT2D eigenvalue weighted by Gasteiger charge is -2.06. The molecule has 2 unspecified atom stereocenters. The quantitative estimate of drug-likeness (QED) is 0.439. The van der Waals surface area contributed by atoms with Crippen LogP contribution < -0.4 is 5.32 Å². The minimum atomic E-state index is -0.218. The third-order valence-corrected chi connectivity index (χ3v) is 2.18. The lowest BCUT2D eigenvalue weighted by Crippen LogP contribution is -2.22. The topological polar surface area (TPSA) is 41.5 Å². The van der Waals surface area contributed by atoms with Gasteiger partial charge in [0.15, 0.2) is 0 Å². The summed E-state index contributed by atoms with van der Waals surface area (Å²) < 4.78 is 5.28. The fourth-order valence-corrected chi connectivity index (χ4v) is 1.59. The van der Waals surface area contributed by atoms with Crippen LogP contribution in [0.4, 0.5) is 0 Å². The Kier molecular flexibility index (Phi) is 1.22. The summed E-state index contributed by atoms with van der Waals surface area (Å²) in [6, 6.07) is 0. The van der Waals surface area contributed by atoms with E-state index in [1.807, 2.05) is 0 Å². The van der Waals surface area contributed by atoms with Gasteiger partial charge in [0.05, 0.1) is 18.8 Å². The van der Waals surface area contributed by atoms with Gasteiger partial charge in [-0.05, 0) is 0 Å². The van der Waals surface area contributed by atoms with Gasteiger partial charge in [-0.25, -0.2) is 0 Å². The molecular weight excluding hydrogens is 118 g/mol. The van der Waals surface area contributed by atoms with Crippen LogP contribution in [0.1, 0.15) is 0 Å². The average Bonchev–Trinajstić information content (AvgIpc) is 2.35. The maximum Gasteiger partial charge on any atom is 0.0839 e. The summed E-state index contributed by atoms with van der Waals surface area (Å²) in [5.41, 5.74) is 0. The normalized spacial score (nSPS) is 49.7. The van der Waals surface area contributed by atoms with Gasteiger partial charge in [0.25, 0.3) is 0 Å². The molecule has 0 aromatic carbocycles. The first-order valence-corrected chi connectivity index (χ1v) is 3.38. The molecule has 2 rings (SSSR count). The van der Waals surface area contributed by atoms with E-state index in [0.29, 0.717) is 18.6 Å². The molecule has 3 heteroatoms. The van der Waals surface area contributed by atoms with E-state index >= 15 is 0 Å². The van der Waals surface area contributed by atoms with Crippen molar-refractivity contribution in [3.63, 3.8) is 0 Å². The first-order valence-electron chi connectivity index (χ1n) is 3.38. The van der Waals surface area contributed by atoms with Gasteiger partial charge in [0, 0.05) is 19.0 Å². The summed E-state index contributed by atoms with van der Waals surface area (Å²) in [7, 11) is 0. The zero-order valence-corrected chi connectivity index (χ0v) is 5.21. The fraction of sp³-hybridized carbons (Fsp3) is 1.00. The average molecular weight is 129 g/mol. The standard InChI is InChI=1S/C6H11NO2/c8-5-3-9-6-2-7-1-4(5)6/h4-8H,1-3H2/t4-,5?,6?/m1/s1. The zero-order valence-electron chi connectivity index (χ0n) is 5.21. The van der Waals surface area contributed by atoms with Gasteiger partial charge >= 0.3 is 0 Å². The zero-order chi connectivity index (χ0) is 6.27. The highest BCUT2D eigenvalue weighted by atomic mass is 16.5. The van der Waals surface area contributed by atoms with Crippen LogP contribution >= 0.6 is 0 Å². The van der Waals surface area contributed by atoms with Crippen LogP contribution in [-0.4, -0.2) is 37.0 Å². The van der Waals surface area contributed by atoms with Crippen LogP contribution in [-0.2, 0) is 4.74 Å². The number of hydrogen-bond donors (Lipinski definition) is 2. The van der Waals surface area contributed by atoms with Crippen molar-refractivity contribution in [1.82, 2.24) is 5.32 Å². The maximum absolute atomic E-state index is 9.23. The number of nitrogens with one attached hydrogen (secondary N) is 1. The lowest BCUT2D eigenvalue weighted by atomic mass is 10.0. The Morgan fingerprint density at radius 3 is 3.11 bits per heavy atom. The smallest absolute Gasteiger partial charge is 0.0839 e. The second-order valence-corrected chi connectivity index (χ2v) is 2.76. The molecule has 0 saturated carbocycles. The highest BCUT2D eigenvalue weighted by molar-refractivity contribution is 4.91. The monoisotopic (exact) mass is 129 g/mol. The van der Waals surface area contributed by atoms with E-state index in [-0.39, 0.29) is 6.10 Å². The summed E-state index contributed by atoms with van der Waals surface area (Å²) in [5, 5.41) is 12.4. The number of fused-ring (bicyclic) bond motifs is 1. The molecule has 0 aromatic heterocycles. The Labute approximate surface area is 54.0 Å². The van der Waals surface area contributed by atoms with Gasteiger partial charge in [-0.2, -0.15) is 0 Å². The summed E-state index contributed by atoms with van der Waals surface area (Å²) >= 11 is 0. The van der Waals surface area contributed by atoms with Crippen LogP contribution in [0.15, 0.2) is 0 Å². The molecule has 9 heavy (non-hydrogen) atoms. The molecule has 0 amide bonds. The minimum absolute atomic E-state index is 0.218. The molecule has 2 aliphatic rings. The van der Waals surface area contributed by atoms with E-state index in [9.17, 15) is 5.11 Å². The van der Waals surface area contributed by atoms with E-state index in [1.54, 1.807) is 0 Å². The third-order valence-electron chi connectivity index (χ3n) is 2.18. The van der Waals surface area contributed by atoms with Crippen molar-refractivity contribution >= 4 is 0 Å². The third kappa shape index (κ3) is 0.764. The second-order valence-electron chi connectivity index (χ2n) is 2.76. The molecule has 0 aromatic rings. The Hall–Kier alpha value is -0.120. The van der Waals surface area contributed by atoms with E-state index in [1.165, 1.54) is 0 Å². The van der Waals surface area contributed by atoms with Crippen LogP contribution in [0.25, 0.3) is 0 Å². The van der Waals surface area contributed by atoms with E-state index in [2.05, 4.69) is 5.32 Å². The van der Waals surface area contributed by atoms with Crippen molar-refractivity contribution in [1.29, 1.82) is 0 Å². The summed E-state index contributed by atoms with van der Waals surface area (Å²) in [6.45, 7) is 2.38. The number of aliphatic hydroxyl groups excluding tert-OH is 1. The summed E-state index contributed by atoms with van der Waals surface area (Å²) in [5.74, 6) is 0.366. The maximum atomic E-state index is 9.23. The first kappa shape index (κ1) is 5.65. The highest BCUT2D eigenvalue weighted by Gasteiger charge is 2.39. The predicted molar refractivity (Wildman–Crippen MR) is 32.1 cm³/mol. The van der Waals surface area contributed by atoms with Gasteiger partial charge in [-0.15, -0.1) is 0 Å². The van der Waals surface area contributed by atoms with Gasteiger partial charge in [-0.3, -0.25) is 0 Å². The fourth-order valence-electron chi connectivity index (χ4n) is 1.59. The number of ether oxygens (including phenoxy) is 1. The molecule has 0 bridgehead atoms. The molecule has 0 aliphatic carbocycles. The highest BCUT2D eigenvalue weighted by Crippen LogP contribution is 2.23. The molecule has 2 fully saturated rings. The molecule has 2 saturated heterocycles. The van der Waals surface area contributed by atoms with Crippen molar-refractivity contribution in [2.45, 2.75) is 12.2 Å². The Balaban J connectivity index is 2.07. The summed E-state index contributed by atoms with van der Waals surface area (Å²) in [6.07, 6.45) is 0.0741. The van der Waals surface area contributed by atoms with E-state index < -0.39 is 0 Å². The van der Waals surface area contributed by atoms with Crippen LogP contribution in [0.5, 0.6) is 0 Å². The Bertz CT molecular complexity index is 118. The van der Waals surface area contributed by atoms with Gasteiger partial charge in [0.1, 0.15) is 0 Å². The summed E-state index contributed by atoms with van der Waals surface area (Å²) in [4.78, 5) is 0. The number of rotatable bonds is 0. The SMILES string of the molecule is OC1COC2CNC[C@H]12. The molecule has 3 nitrogen and oxygen atoms in total. The predicted octanol–water partition coefficient (Wildman–Crippen LogP) is -1.03. The van der Waals surface area contributed by atoms with Crippen LogP contribution in [0.3, 0.4) is 0 Å². The first-order chi connectivity index (χ1) is 4.38. The molecule has 52 valence electrons. The number of aliphatic hydroxyl groups is 1. The van der Waals surface area contributed by atoms with E-state index in [4.69, 9.17) is 4.74 Å². The second kappa shape index (κ2) is 1.94. The van der Waals surface area contributed by atoms with Crippen LogP contribution in [0.2, 0.25) is 0 Å². The van der Waals surface area contributed by atoms with Gasteiger partial charge in [0.2, 0.25) is 0 Å². The molecular formula is C6H11NO2. The largest absolute Gasteiger partial charge is 0.390 e. The minimum Gasteiger partial charge on any atom is -0.390 e. The molecule has 2 N–H and O–H groups in total. The molecule has 0 radical (unpaired) electrons. The number of hydrogen-bond acceptors (Lipinski definition) is 3. The van der Waals surface area contributed by atoms with Crippen molar-refractivity contribution in [2.24, 2.45) is 5.92 Å². The Morgan fingerprint density at radius 1 is 1.44 bits per heavy atom. The molecule has 2 aliphatic heterocycles. The van der Waals surface area contributed by atoms with Crippen molar-refractivity contribution < 1.29 is 9.84 Å². The van der Waals surface area contributed by atoms with Crippen molar-refractivity contribution in [2.75, 3.05) is 19.7 Å².